The van der Waals surface area contributed by atoms with Gasteiger partial charge in [-0.05, 0) is 120 Å². The molecule has 0 saturated heterocycles. The SMILES string of the molecule is c1ccc(-c2ccccc2-c2cccc(-c3ccc(N(c4ccccc4)c4ccc(-c5ccc(-c6ccccc6)c6cccc(-c7ccccc7)c56)cc4)cc3)c2)cc1. The Morgan fingerprint density at radius 3 is 1.19 bits per heavy atom. The van der Waals surface area contributed by atoms with Crippen molar-refractivity contribution in [3.05, 3.63) is 249 Å². The Morgan fingerprint density at radius 2 is 0.576 bits per heavy atom. The minimum atomic E-state index is 1.10. The summed E-state index contributed by atoms with van der Waals surface area (Å²) < 4.78 is 0. The summed E-state index contributed by atoms with van der Waals surface area (Å²) in [5.74, 6) is 0. The highest BCUT2D eigenvalue weighted by molar-refractivity contribution is 6.12. The number of para-hydroxylation sites is 1. The van der Waals surface area contributed by atoms with Crippen molar-refractivity contribution < 1.29 is 0 Å². The number of fused-ring (bicyclic) bond motifs is 1. The van der Waals surface area contributed by atoms with Gasteiger partial charge in [-0.3, -0.25) is 0 Å². The molecule has 0 fully saturated rings. The summed E-state index contributed by atoms with van der Waals surface area (Å²) in [6.45, 7) is 0. The summed E-state index contributed by atoms with van der Waals surface area (Å²) in [6, 6.07) is 89.6. The molecule has 1 heteroatoms. The average Bonchev–Trinajstić information content (AvgIpc) is 3.33. The zero-order valence-electron chi connectivity index (χ0n) is 32.6. The molecule has 10 aromatic carbocycles. The fourth-order valence-corrected chi connectivity index (χ4v) is 8.46. The maximum atomic E-state index is 2.34. The van der Waals surface area contributed by atoms with Crippen LogP contribution in [0.1, 0.15) is 0 Å². The average molecular weight is 752 g/mol. The molecule has 278 valence electrons. The van der Waals surface area contributed by atoms with Crippen molar-refractivity contribution in [2.75, 3.05) is 4.90 Å². The van der Waals surface area contributed by atoms with E-state index in [0.717, 1.165) is 17.1 Å². The number of benzene rings is 10. The Hall–Kier alpha value is -7.74. The van der Waals surface area contributed by atoms with Gasteiger partial charge < -0.3 is 4.90 Å². The van der Waals surface area contributed by atoms with Gasteiger partial charge in [0.15, 0.2) is 0 Å². The van der Waals surface area contributed by atoms with Gasteiger partial charge in [-0.1, -0.05) is 206 Å². The van der Waals surface area contributed by atoms with Crippen molar-refractivity contribution in [3.8, 4) is 66.8 Å². The van der Waals surface area contributed by atoms with E-state index in [1.165, 1.54) is 77.5 Å². The Kier molecular flexibility index (Phi) is 9.68. The summed E-state index contributed by atoms with van der Waals surface area (Å²) in [7, 11) is 0. The molecule has 0 heterocycles. The molecule has 1 nitrogen and oxygen atoms in total. The van der Waals surface area contributed by atoms with E-state index in [2.05, 4.69) is 254 Å². The van der Waals surface area contributed by atoms with Gasteiger partial charge in [0.05, 0.1) is 0 Å². The van der Waals surface area contributed by atoms with Crippen LogP contribution in [0.3, 0.4) is 0 Å². The van der Waals surface area contributed by atoms with E-state index < -0.39 is 0 Å². The van der Waals surface area contributed by atoms with E-state index in [4.69, 9.17) is 0 Å². The minimum Gasteiger partial charge on any atom is -0.311 e. The molecule has 0 bridgehead atoms. The Morgan fingerprint density at radius 1 is 0.203 bits per heavy atom. The van der Waals surface area contributed by atoms with Gasteiger partial charge >= 0.3 is 0 Å². The van der Waals surface area contributed by atoms with E-state index in [1.807, 2.05) is 0 Å². The van der Waals surface area contributed by atoms with Crippen molar-refractivity contribution in [2.45, 2.75) is 0 Å². The fourth-order valence-electron chi connectivity index (χ4n) is 8.46. The third-order valence-corrected chi connectivity index (χ3v) is 11.3. The molecule has 59 heavy (non-hydrogen) atoms. The monoisotopic (exact) mass is 751 g/mol. The molecular weight excluding hydrogens is 711 g/mol. The van der Waals surface area contributed by atoms with Crippen LogP contribution in [0.2, 0.25) is 0 Å². The van der Waals surface area contributed by atoms with Gasteiger partial charge in [-0.15, -0.1) is 0 Å². The second kappa shape index (κ2) is 16.0. The second-order valence-corrected chi connectivity index (χ2v) is 14.9. The first-order valence-corrected chi connectivity index (χ1v) is 20.3. The minimum absolute atomic E-state index is 1.10. The van der Waals surface area contributed by atoms with Crippen LogP contribution in [0.15, 0.2) is 249 Å². The highest BCUT2D eigenvalue weighted by Gasteiger charge is 2.17. The second-order valence-electron chi connectivity index (χ2n) is 14.9. The molecule has 0 atom stereocenters. The molecule has 0 aliphatic carbocycles. The van der Waals surface area contributed by atoms with Crippen molar-refractivity contribution in [3.63, 3.8) is 0 Å². The lowest BCUT2D eigenvalue weighted by Gasteiger charge is -2.26. The lowest BCUT2D eigenvalue weighted by molar-refractivity contribution is 1.28. The molecule has 10 rings (SSSR count). The van der Waals surface area contributed by atoms with E-state index in [0.29, 0.717) is 0 Å². The summed E-state index contributed by atoms with van der Waals surface area (Å²) >= 11 is 0. The standard InChI is InChI=1S/C58H41N/c1-5-17-43(18-6-1)52-27-13-14-28-53(52)48-24-15-23-47(41-48)42-31-35-50(36-32-42)59(49-25-11-4-12-26-49)51-37-33-46(34-38-51)56-40-39-54(44-19-7-2-8-20-44)57-30-16-29-55(58(56)57)45-21-9-3-10-22-45/h1-41H. The molecular formula is C58H41N. The maximum absolute atomic E-state index is 2.34. The quantitative estimate of drug-likeness (QED) is 0.142. The molecule has 0 saturated carbocycles. The highest BCUT2D eigenvalue weighted by Crippen LogP contribution is 2.43. The lowest BCUT2D eigenvalue weighted by atomic mass is 9.87. The zero-order valence-corrected chi connectivity index (χ0v) is 32.6. The van der Waals surface area contributed by atoms with Crippen LogP contribution in [-0.4, -0.2) is 0 Å². The molecule has 10 aromatic rings. The van der Waals surface area contributed by atoms with Crippen molar-refractivity contribution in [2.24, 2.45) is 0 Å². The van der Waals surface area contributed by atoms with Crippen LogP contribution in [0.4, 0.5) is 17.1 Å². The third-order valence-electron chi connectivity index (χ3n) is 11.3. The van der Waals surface area contributed by atoms with Gasteiger partial charge in [-0.25, -0.2) is 0 Å². The van der Waals surface area contributed by atoms with Gasteiger partial charge in [0.25, 0.3) is 0 Å². The number of anilines is 3. The summed E-state index contributed by atoms with van der Waals surface area (Å²) in [6.07, 6.45) is 0. The third kappa shape index (κ3) is 7.12. The van der Waals surface area contributed by atoms with Crippen LogP contribution in [-0.2, 0) is 0 Å². The van der Waals surface area contributed by atoms with Crippen molar-refractivity contribution >= 4 is 27.8 Å². The number of nitrogens with zero attached hydrogens (tertiary/aromatic N) is 1. The first-order chi connectivity index (χ1) is 29.3. The highest BCUT2D eigenvalue weighted by atomic mass is 15.1. The number of hydrogen-bond acceptors (Lipinski definition) is 1. The van der Waals surface area contributed by atoms with Crippen LogP contribution in [0.5, 0.6) is 0 Å². The Bertz CT molecular complexity index is 2990. The fraction of sp³-hybridized carbons (Fsp3) is 0. The maximum Gasteiger partial charge on any atom is 0.0462 e. The largest absolute Gasteiger partial charge is 0.311 e. The van der Waals surface area contributed by atoms with Crippen LogP contribution in [0, 0.1) is 0 Å². The van der Waals surface area contributed by atoms with Gasteiger partial charge in [0.2, 0.25) is 0 Å². The van der Waals surface area contributed by atoms with E-state index in [-0.39, 0.29) is 0 Å². The molecule has 0 aliphatic heterocycles. The Balaban J connectivity index is 1.02. The molecule has 0 N–H and O–H groups in total. The summed E-state index contributed by atoms with van der Waals surface area (Å²) in [5, 5.41) is 2.51. The van der Waals surface area contributed by atoms with Crippen LogP contribution < -0.4 is 4.90 Å². The zero-order chi connectivity index (χ0) is 39.4. The Labute approximate surface area is 346 Å². The first-order valence-electron chi connectivity index (χ1n) is 20.3. The van der Waals surface area contributed by atoms with E-state index in [9.17, 15) is 0 Å². The topological polar surface area (TPSA) is 3.24 Å². The predicted octanol–water partition coefficient (Wildman–Crippen LogP) is 16.3. The smallest absolute Gasteiger partial charge is 0.0462 e. The predicted molar refractivity (Wildman–Crippen MR) is 251 cm³/mol. The van der Waals surface area contributed by atoms with E-state index >= 15 is 0 Å². The normalized spacial score (nSPS) is 11.1. The first kappa shape index (κ1) is 35.7. The molecule has 0 aliphatic rings. The number of hydrogen-bond donors (Lipinski definition) is 0. The molecule has 0 radical (unpaired) electrons. The molecule has 0 spiro atoms. The molecule has 0 amide bonds. The molecule has 0 aromatic heterocycles. The van der Waals surface area contributed by atoms with Crippen molar-refractivity contribution in [1.82, 2.24) is 0 Å². The van der Waals surface area contributed by atoms with Gasteiger partial charge in [0, 0.05) is 17.1 Å². The van der Waals surface area contributed by atoms with Gasteiger partial charge in [0.1, 0.15) is 0 Å². The van der Waals surface area contributed by atoms with Crippen LogP contribution in [0.25, 0.3) is 77.5 Å². The van der Waals surface area contributed by atoms with Gasteiger partial charge in [-0.2, -0.15) is 0 Å². The summed E-state index contributed by atoms with van der Waals surface area (Å²) in [5.41, 5.74) is 17.9. The van der Waals surface area contributed by atoms with Crippen LogP contribution >= 0.6 is 0 Å². The van der Waals surface area contributed by atoms with E-state index in [1.54, 1.807) is 0 Å². The summed E-state index contributed by atoms with van der Waals surface area (Å²) in [4.78, 5) is 2.34. The van der Waals surface area contributed by atoms with Crippen molar-refractivity contribution in [1.29, 1.82) is 0 Å². The number of rotatable bonds is 9. The molecule has 0 unspecified atom stereocenters. The lowest BCUT2D eigenvalue weighted by Crippen LogP contribution is -2.09.